The fourth-order valence-electron chi connectivity index (χ4n) is 2.55. The van der Waals surface area contributed by atoms with E-state index in [2.05, 4.69) is 45.0 Å². The molecule has 1 heterocycles. The first-order valence-electron chi connectivity index (χ1n) is 6.46. The summed E-state index contributed by atoms with van der Waals surface area (Å²) in [6.45, 7) is 6.59. The third kappa shape index (κ3) is 2.69. The van der Waals surface area contributed by atoms with E-state index in [1.165, 1.54) is 5.56 Å². The van der Waals surface area contributed by atoms with Crippen LogP contribution in [0.2, 0.25) is 0 Å². The molecule has 1 aromatic carbocycles. The van der Waals surface area contributed by atoms with Crippen molar-refractivity contribution in [3.63, 3.8) is 0 Å². The van der Waals surface area contributed by atoms with Gasteiger partial charge in [-0.25, -0.2) is 0 Å². The van der Waals surface area contributed by atoms with Gasteiger partial charge in [0.1, 0.15) is 5.60 Å². The standard InChI is InChI=1S/C15H22OS/c1-11(2)9-13-5-4-6-14(10-13)15(16)7-8-17-12(15)3/h4-6,10-12,16H,7-9H2,1-3H3. The summed E-state index contributed by atoms with van der Waals surface area (Å²) in [6.07, 6.45) is 1.97. The Morgan fingerprint density at radius 2 is 2.24 bits per heavy atom. The molecular weight excluding hydrogens is 228 g/mol. The Balaban J connectivity index is 2.26. The highest BCUT2D eigenvalue weighted by atomic mass is 32.2. The SMILES string of the molecule is CC(C)Cc1cccc(C2(O)CCSC2C)c1. The lowest BCUT2D eigenvalue weighted by atomic mass is 9.87. The number of aliphatic hydroxyl groups is 1. The maximum absolute atomic E-state index is 10.8. The molecule has 0 aliphatic carbocycles. The summed E-state index contributed by atoms with van der Waals surface area (Å²) in [5.74, 6) is 1.72. The van der Waals surface area contributed by atoms with Crippen LogP contribution in [0.3, 0.4) is 0 Å². The van der Waals surface area contributed by atoms with Gasteiger partial charge in [0.2, 0.25) is 0 Å². The first-order chi connectivity index (χ1) is 8.02. The number of rotatable bonds is 3. The lowest BCUT2D eigenvalue weighted by molar-refractivity contribution is 0.0426. The molecule has 1 saturated heterocycles. The Labute approximate surface area is 109 Å². The van der Waals surface area contributed by atoms with Gasteiger partial charge in [-0.2, -0.15) is 11.8 Å². The molecule has 2 heteroatoms. The highest BCUT2D eigenvalue weighted by Gasteiger charge is 2.40. The maximum Gasteiger partial charge on any atom is 0.102 e. The van der Waals surface area contributed by atoms with Crippen LogP contribution in [0, 0.1) is 5.92 Å². The molecule has 1 N–H and O–H groups in total. The summed E-state index contributed by atoms with van der Waals surface area (Å²) < 4.78 is 0. The predicted molar refractivity (Wildman–Crippen MR) is 75.4 cm³/mol. The summed E-state index contributed by atoms with van der Waals surface area (Å²) in [6, 6.07) is 8.52. The van der Waals surface area contributed by atoms with E-state index in [0.717, 1.165) is 24.2 Å². The summed E-state index contributed by atoms with van der Waals surface area (Å²) in [5.41, 5.74) is 1.83. The van der Waals surface area contributed by atoms with E-state index in [1.54, 1.807) is 0 Å². The van der Waals surface area contributed by atoms with Crippen LogP contribution in [0.15, 0.2) is 24.3 Å². The molecule has 1 aliphatic rings. The molecule has 0 spiro atoms. The van der Waals surface area contributed by atoms with Gasteiger partial charge in [-0.15, -0.1) is 0 Å². The van der Waals surface area contributed by atoms with Crippen molar-refractivity contribution < 1.29 is 5.11 Å². The molecule has 2 unspecified atom stereocenters. The number of hydrogen-bond donors (Lipinski definition) is 1. The normalized spacial score (nSPS) is 28.9. The minimum Gasteiger partial charge on any atom is -0.384 e. The summed E-state index contributed by atoms with van der Waals surface area (Å²) >= 11 is 1.87. The molecule has 0 radical (unpaired) electrons. The monoisotopic (exact) mass is 250 g/mol. The summed E-state index contributed by atoms with van der Waals surface area (Å²) in [7, 11) is 0. The van der Waals surface area contributed by atoms with Crippen molar-refractivity contribution in [3.8, 4) is 0 Å². The Morgan fingerprint density at radius 3 is 2.82 bits per heavy atom. The second kappa shape index (κ2) is 5.03. The highest BCUT2D eigenvalue weighted by molar-refractivity contribution is 8.00. The molecule has 94 valence electrons. The lowest BCUT2D eigenvalue weighted by Gasteiger charge is -2.28. The molecule has 1 aliphatic heterocycles. The van der Waals surface area contributed by atoms with E-state index in [4.69, 9.17) is 0 Å². The van der Waals surface area contributed by atoms with Crippen molar-refractivity contribution in [2.75, 3.05) is 5.75 Å². The zero-order valence-corrected chi connectivity index (χ0v) is 11.8. The molecule has 0 aromatic heterocycles. The van der Waals surface area contributed by atoms with Crippen molar-refractivity contribution in [1.82, 2.24) is 0 Å². The zero-order chi connectivity index (χ0) is 12.5. The van der Waals surface area contributed by atoms with E-state index in [0.29, 0.717) is 11.2 Å². The Hall–Kier alpha value is -0.470. The maximum atomic E-state index is 10.8. The fraction of sp³-hybridized carbons (Fsp3) is 0.600. The van der Waals surface area contributed by atoms with E-state index in [1.807, 2.05) is 11.8 Å². The topological polar surface area (TPSA) is 20.2 Å². The van der Waals surface area contributed by atoms with Gasteiger partial charge in [0.15, 0.2) is 0 Å². The molecule has 1 nitrogen and oxygen atoms in total. The van der Waals surface area contributed by atoms with Gasteiger partial charge in [-0.3, -0.25) is 0 Å². The Kier molecular flexibility index (Phi) is 3.84. The molecule has 1 fully saturated rings. The number of thioether (sulfide) groups is 1. The highest BCUT2D eigenvalue weighted by Crippen LogP contribution is 2.43. The molecule has 2 rings (SSSR count). The molecule has 1 aromatic rings. The Morgan fingerprint density at radius 1 is 1.47 bits per heavy atom. The Bertz CT molecular complexity index is 388. The minimum absolute atomic E-state index is 0.303. The van der Waals surface area contributed by atoms with Gasteiger partial charge in [-0.05, 0) is 35.6 Å². The first kappa shape index (κ1) is 13.0. The van der Waals surface area contributed by atoms with Crippen molar-refractivity contribution in [3.05, 3.63) is 35.4 Å². The van der Waals surface area contributed by atoms with Crippen LogP contribution in [0.25, 0.3) is 0 Å². The first-order valence-corrected chi connectivity index (χ1v) is 7.50. The molecule has 0 bridgehead atoms. The van der Waals surface area contributed by atoms with Crippen LogP contribution in [-0.4, -0.2) is 16.1 Å². The average molecular weight is 250 g/mol. The van der Waals surface area contributed by atoms with Gasteiger partial charge in [0.05, 0.1) is 0 Å². The van der Waals surface area contributed by atoms with Gasteiger partial charge in [0, 0.05) is 5.25 Å². The van der Waals surface area contributed by atoms with Gasteiger partial charge >= 0.3 is 0 Å². The van der Waals surface area contributed by atoms with E-state index >= 15 is 0 Å². The van der Waals surface area contributed by atoms with E-state index in [-0.39, 0.29) is 0 Å². The van der Waals surface area contributed by atoms with Crippen molar-refractivity contribution in [1.29, 1.82) is 0 Å². The van der Waals surface area contributed by atoms with Crippen LogP contribution in [0.1, 0.15) is 38.3 Å². The van der Waals surface area contributed by atoms with Crippen LogP contribution >= 0.6 is 11.8 Å². The molecule has 0 saturated carbocycles. The smallest absolute Gasteiger partial charge is 0.102 e. The quantitative estimate of drug-likeness (QED) is 0.884. The predicted octanol–water partition coefficient (Wildman–Crippen LogP) is 3.60. The number of hydrogen-bond acceptors (Lipinski definition) is 2. The van der Waals surface area contributed by atoms with Gasteiger partial charge in [-0.1, -0.05) is 45.0 Å². The molecular formula is C15H22OS. The average Bonchev–Trinajstić information content (AvgIpc) is 2.60. The zero-order valence-electron chi connectivity index (χ0n) is 10.9. The van der Waals surface area contributed by atoms with Crippen molar-refractivity contribution >= 4 is 11.8 Å². The third-order valence-corrected chi connectivity index (χ3v) is 4.92. The largest absolute Gasteiger partial charge is 0.384 e. The lowest BCUT2D eigenvalue weighted by Crippen LogP contribution is -2.31. The van der Waals surface area contributed by atoms with E-state index in [9.17, 15) is 5.11 Å². The second-order valence-corrected chi connectivity index (χ2v) is 6.93. The molecule has 2 atom stereocenters. The third-order valence-electron chi connectivity index (χ3n) is 3.59. The minimum atomic E-state index is -0.613. The fourth-order valence-corrected chi connectivity index (χ4v) is 3.86. The summed E-state index contributed by atoms with van der Waals surface area (Å²) in [4.78, 5) is 0. The van der Waals surface area contributed by atoms with Crippen LogP contribution in [0.4, 0.5) is 0 Å². The van der Waals surface area contributed by atoms with Gasteiger partial charge in [0.25, 0.3) is 0 Å². The van der Waals surface area contributed by atoms with E-state index < -0.39 is 5.60 Å². The molecule has 0 amide bonds. The second-order valence-electron chi connectivity index (χ2n) is 5.49. The van der Waals surface area contributed by atoms with Crippen LogP contribution < -0.4 is 0 Å². The summed E-state index contributed by atoms with van der Waals surface area (Å²) in [5, 5.41) is 11.1. The van der Waals surface area contributed by atoms with Gasteiger partial charge < -0.3 is 5.11 Å². The van der Waals surface area contributed by atoms with Crippen LogP contribution in [0.5, 0.6) is 0 Å². The molecule has 17 heavy (non-hydrogen) atoms. The number of benzene rings is 1. The van der Waals surface area contributed by atoms with Crippen molar-refractivity contribution in [2.24, 2.45) is 5.92 Å². The van der Waals surface area contributed by atoms with Crippen molar-refractivity contribution in [2.45, 2.75) is 44.5 Å². The van der Waals surface area contributed by atoms with Crippen LogP contribution in [-0.2, 0) is 12.0 Å².